The Morgan fingerprint density at radius 3 is 2.51 bits per heavy atom. The van der Waals surface area contributed by atoms with Crippen molar-refractivity contribution < 1.29 is 19.8 Å². The highest BCUT2D eigenvalue weighted by Gasteiger charge is 2.59. The second kappa shape index (κ2) is 10.1. The molecule has 3 N–H and O–H groups in total. The van der Waals surface area contributed by atoms with E-state index in [0.29, 0.717) is 24.5 Å². The van der Waals surface area contributed by atoms with E-state index < -0.39 is 16.9 Å². The molecule has 1 aromatic heterocycles. The fraction of sp³-hybridized carbons (Fsp3) is 0.621. The Hall–Kier alpha value is -2.29. The number of hydrogen-bond donors (Lipinski definition) is 3. The molecule has 2 aromatic rings. The first-order valence-corrected chi connectivity index (χ1v) is 14.0. The number of aliphatic hydroxyl groups is 2. The van der Waals surface area contributed by atoms with Crippen molar-refractivity contribution in [3.63, 3.8) is 0 Å². The maximum absolute atomic E-state index is 13.6. The molecule has 0 radical (unpaired) electrons. The first kappa shape index (κ1) is 27.7. The van der Waals surface area contributed by atoms with Gasteiger partial charge >= 0.3 is 0 Å². The van der Waals surface area contributed by atoms with Gasteiger partial charge in [0.15, 0.2) is 5.13 Å². The molecule has 5 unspecified atom stereocenters. The molecule has 0 saturated heterocycles. The van der Waals surface area contributed by atoms with Crippen molar-refractivity contribution in [2.45, 2.75) is 78.9 Å². The monoisotopic (exact) mass is 527 g/mol. The van der Waals surface area contributed by atoms with Gasteiger partial charge in [-0.15, -0.1) is 11.3 Å². The maximum Gasteiger partial charge on any atom is 0.231 e. The third-order valence-electron chi connectivity index (χ3n) is 8.86. The first-order valence-electron chi connectivity index (χ1n) is 13.2. The smallest absolute Gasteiger partial charge is 0.231 e. The van der Waals surface area contributed by atoms with E-state index in [0.717, 1.165) is 22.6 Å². The second-order valence-electron chi connectivity index (χ2n) is 12.5. The normalized spacial score (nSPS) is 29.2. The second-order valence-corrected chi connectivity index (χ2v) is 13.6. The summed E-state index contributed by atoms with van der Waals surface area (Å²) >= 11 is 1.46. The molecule has 4 rings (SSSR count). The van der Waals surface area contributed by atoms with Crippen molar-refractivity contribution >= 4 is 28.3 Å². The Bertz CT molecular complexity index is 1140. The molecule has 7 nitrogen and oxygen atoms in total. The minimum atomic E-state index is -0.680. The van der Waals surface area contributed by atoms with Gasteiger partial charge in [-0.2, -0.15) is 0 Å². The highest BCUT2D eigenvalue weighted by atomic mass is 32.1. The Labute approximate surface area is 224 Å². The van der Waals surface area contributed by atoms with Crippen LogP contribution < -0.4 is 5.32 Å². The van der Waals surface area contributed by atoms with E-state index >= 15 is 0 Å². The lowest BCUT2D eigenvalue weighted by Crippen LogP contribution is -2.57. The summed E-state index contributed by atoms with van der Waals surface area (Å²) in [6, 6.07) is 9.93. The lowest BCUT2D eigenvalue weighted by atomic mass is 9.47. The van der Waals surface area contributed by atoms with Gasteiger partial charge in [-0.3, -0.25) is 9.59 Å². The van der Waals surface area contributed by atoms with Crippen LogP contribution in [-0.2, 0) is 22.6 Å². The number of thiazole rings is 1. The third-order valence-corrected chi connectivity index (χ3v) is 9.87. The summed E-state index contributed by atoms with van der Waals surface area (Å²) < 4.78 is 0. The largest absolute Gasteiger partial charge is 0.396 e. The van der Waals surface area contributed by atoms with Crippen LogP contribution in [0.5, 0.6) is 0 Å². The van der Waals surface area contributed by atoms with E-state index in [2.05, 4.69) is 12.2 Å². The summed E-state index contributed by atoms with van der Waals surface area (Å²) in [4.78, 5) is 34.0. The van der Waals surface area contributed by atoms with Gasteiger partial charge in [0.05, 0.1) is 18.4 Å². The molecule has 0 bridgehead atoms. The van der Waals surface area contributed by atoms with Crippen molar-refractivity contribution in [3.8, 4) is 0 Å². The van der Waals surface area contributed by atoms with E-state index in [1.54, 1.807) is 4.90 Å². The van der Waals surface area contributed by atoms with Crippen molar-refractivity contribution in [3.05, 3.63) is 46.5 Å². The molecular formula is C29H41N3O4S. The Morgan fingerprint density at radius 2 is 1.89 bits per heavy atom. The minimum absolute atomic E-state index is 0.0231. The first-order chi connectivity index (χ1) is 17.3. The summed E-state index contributed by atoms with van der Waals surface area (Å²) in [6.07, 6.45) is 1.66. The summed E-state index contributed by atoms with van der Waals surface area (Å²) in [5.74, 6) is -0.271. The van der Waals surface area contributed by atoms with Crippen molar-refractivity contribution in [1.82, 2.24) is 9.88 Å². The molecule has 202 valence electrons. The molecule has 8 heteroatoms. The fourth-order valence-electron chi connectivity index (χ4n) is 6.26. The van der Waals surface area contributed by atoms with Crippen LogP contribution >= 0.6 is 11.3 Å². The van der Waals surface area contributed by atoms with Gasteiger partial charge < -0.3 is 20.4 Å². The van der Waals surface area contributed by atoms with E-state index in [9.17, 15) is 19.8 Å². The maximum atomic E-state index is 13.6. The Morgan fingerprint density at radius 1 is 1.22 bits per heavy atom. The predicted molar refractivity (Wildman–Crippen MR) is 146 cm³/mol. The summed E-state index contributed by atoms with van der Waals surface area (Å²) in [5, 5.41) is 24.9. The van der Waals surface area contributed by atoms with Gasteiger partial charge in [0, 0.05) is 41.6 Å². The number of anilines is 1. The Kier molecular flexibility index (Phi) is 7.58. The van der Waals surface area contributed by atoms with Gasteiger partial charge in [0.2, 0.25) is 11.8 Å². The number of amides is 2. The molecule has 0 spiro atoms. The summed E-state index contributed by atoms with van der Waals surface area (Å²) in [7, 11) is 1.83. The Balaban J connectivity index is 1.69. The van der Waals surface area contributed by atoms with Crippen molar-refractivity contribution in [2.75, 3.05) is 19.0 Å². The molecule has 5 atom stereocenters. The average molecular weight is 528 g/mol. The molecule has 1 saturated carbocycles. The molecule has 2 aliphatic carbocycles. The van der Waals surface area contributed by atoms with Crippen molar-refractivity contribution in [1.29, 1.82) is 0 Å². The van der Waals surface area contributed by atoms with E-state index in [4.69, 9.17) is 4.98 Å². The number of rotatable bonds is 6. The molecular weight excluding hydrogens is 486 g/mol. The lowest BCUT2D eigenvalue weighted by Gasteiger charge is -2.58. The van der Waals surface area contributed by atoms with Crippen LogP contribution in [-0.4, -0.2) is 51.7 Å². The zero-order valence-electron chi connectivity index (χ0n) is 22.9. The summed E-state index contributed by atoms with van der Waals surface area (Å²) in [5.41, 5.74) is 0.390. The standard InChI is InChI=1S/C29H41N3O4S/c1-27(2,3)25(36)31-26-30-24-19(14-23(35)32(6)16-18-10-8-7-9-11-18)28(4)13-12-22(34)29(5,17-33)21(28)15-20(24)37-26/h7-11,19,21-22,33-34H,12-17H2,1-6H3,(H,30,31,36). The molecule has 2 aliphatic rings. The topological polar surface area (TPSA) is 103 Å². The number of nitrogens with one attached hydrogen (secondary N) is 1. The lowest BCUT2D eigenvalue weighted by molar-refractivity contribution is -0.147. The van der Waals surface area contributed by atoms with Gasteiger partial charge in [-0.05, 0) is 36.2 Å². The third kappa shape index (κ3) is 5.20. The molecule has 2 amide bonds. The van der Waals surface area contributed by atoms with Gasteiger partial charge in [-0.1, -0.05) is 65.0 Å². The molecule has 0 aliphatic heterocycles. The minimum Gasteiger partial charge on any atom is -0.396 e. The van der Waals surface area contributed by atoms with E-state index in [1.165, 1.54) is 11.3 Å². The zero-order chi connectivity index (χ0) is 27.2. The van der Waals surface area contributed by atoms with Crippen LogP contribution in [0.3, 0.4) is 0 Å². The quantitative estimate of drug-likeness (QED) is 0.510. The van der Waals surface area contributed by atoms with Crippen LogP contribution in [0.2, 0.25) is 0 Å². The molecule has 1 aromatic carbocycles. The van der Waals surface area contributed by atoms with Gasteiger partial charge in [0.1, 0.15) is 0 Å². The van der Waals surface area contributed by atoms with Crippen LogP contribution in [0.15, 0.2) is 30.3 Å². The fourth-order valence-corrected chi connectivity index (χ4v) is 7.32. The number of carbonyl (C=O) groups excluding carboxylic acids is 2. The van der Waals surface area contributed by atoms with E-state index in [-0.39, 0.29) is 42.1 Å². The number of aromatic nitrogens is 1. The molecule has 37 heavy (non-hydrogen) atoms. The highest BCUT2D eigenvalue weighted by Crippen LogP contribution is 2.63. The molecule has 1 heterocycles. The SMILES string of the molecule is CN(Cc1ccccc1)C(=O)CC1c2nc(NC(=O)C(C)(C)C)sc2CC2C(C)(CO)C(O)CCC12C. The van der Waals surface area contributed by atoms with Crippen LogP contribution in [0, 0.1) is 22.2 Å². The number of benzene rings is 1. The van der Waals surface area contributed by atoms with Crippen LogP contribution in [0.25, 0.3) is 0 Å². The predicted octanol–water partition coefficient (Wildman–Crippen LogP) is 4.59. The zero-order valence-corrected chi connectivity index (χ0v) is 23.7. The summed E-state index contributed by atoms with van der Waals surface area (Å²) in [6.45, 7) is 10.2. The number of nitrogens with zero attached hydrogens (tertiary/aromatic N) is 2. The number of aliphatic hydroxyl groups excluding tert-OH is 2. The molecule has 1 fully saturated rings. The highest BCUT2D eigenvalue weighted by molar-refractivity contribution is 7.15. The van der Waals surface area contributed by atoms with E-state index in [1.807, 2.05) is 65.1 Å². The van der Waals surface area contributed by atoms with Crippen LogP contribution in [0.1, 0.15) is 75.9 Å². The van der Waals surface area contributed by atoms with Gasteiger partial charge in [0.25, 0.3) is 0 Å². The van der Waals surface area contributed by atoms with Crippen LogP contribution in [0.4, 0.5) is 5.13 Å². The average Bonchev–Trinajstić information content (AvgIpc) is 3.25. The number of carbonyl (C=O) groups is 2. The van der Waals surface area contributed by atoms with Gasteiger partial charge in [-0.25, -0.2) is 4.98 Å². The number of fused-ring (bicyclic) bond motifs is 2. The van der Waals surface area contributed by atoms with Crippen molar-refractivity contribution in [2.24, 2.45) is 22.2 Å². The number of hydrogen-bond acceptors (Lipinski definition) is 6.